The lowest BCUT2D eigenvalue weighted by molar-refractivity contribution is 0.410. The predicted molar refractivity (Wildman–Crippen MR) is 50.2 cm³/mol. The molecule has 1 radical (unpaired) electrons. The van der Waals surface area contributed by atoms with Crippen LogP contribution in [0.3, 0.4) is 0 Å². The Hall–Kier alpha value is -0.250. The van der Waals surface area contributed by atoms with Crippen molar-refractivity contribution in [2.24, 2.45) is 0 Å². The second kappa shape index (κ2) is 3.23. The summed E-state index contributed by atoms with van der Waals surface area (Å²) in [5, 5.41) is 0. The van der Waals surface area contributed by atoms with Crippen LogP contribution in [-0.4, -0.2) is 7.11 Å². The van der Waals surface area contributed by atoms with Crippen LogP contribution in [0.2, 0.25) is 0 Å². The van der Waals surface area contributed by atoms with Gasteiger partial charge in [-0.1, -0.05) is 12.1 Å². The molecule has 0 aliphatic rings. The van der Waals surface area contributed by atoms with Crippen LogP contribution >= 0.6 is 22.6 Å². The molecule has 0 atom stereocenters. The number of rotatable bonds is 1. The molecule has 0 spiro atoms. The van der Waals surface area contributed by atoms with Gasteiger partial charge in [0.2, 0.25) is 0 Å². The van der Waals surface area contributed by atoms with Crippen molar-refractivity contribution in [1.82, 2.24) is 0 Å². The monoisotopic (exact) mass is 247 g/mol. The summed E-state index contributed by atoms with van der Waals surface area (Å²) in [5.74, 6) is 0.878. The first-order chi connectivity index (χ1) is 4.75. The van der Waals surface area contributed by atoms with Gasteiger partial charge in [0.15, 0.2) is 0 Å². The van der Waals surface area contributed by atoms with Gasteiger partial charge < -0.3 is 4.74 Å². The van der Waals surface area contributed by atoms with Crippen LogP contribution in [0.15, 0.2) is 18.2 Å². The summed E-state index contributed by atoms with van der Waals surface area (Å²) in [6.07, 6.45) is 0. The molecule has 1 nitrogen and oxygen atoms in total. The van der Waals surface area contributed by atoms with Crippen molar-refractivity contribution in [1.29, 1.82) is 0 Å². The number of hydrogen-bond acceptors (Lipinski definition) is 1. The smallest absolute Gasteiger partial charge is 0.135 e. The molecule has 0 N–H and O–H groups in total. The van der Waals surface area contributed by atoms with Crippen LogP contribution in [0.4, 0.5) is 0 Å². The van der Waals surface area contributed by atoms with Gasteiger partial charge in [-0.05, 0) is 41.1 Å². The van der Waals surface area contributed by atoms with E-state index in [0.29, 0.717) is 0 Å². The highest BCUT2D eigenvalue weighted by Crippen LogP contribution is 2.23. The van der Waals surface area contributed by atoms with E-state index in [9.17, 15) is 0 Å². The van der Waals surface area contributed by atoms with Gasteiger partial charge >= 0.3 is 0 Å². The van der Waals surface area contributed by atoms with Crippen LogP contribution < -0.4 is 4.74 Å². The molecule has 1 aromatic carbocycles. The zero-order valence-electron chi connectivity index (χ0n) is 5.73. The largest absolute Gasteiger partial charge is 0.495 e. The maximum atomic E-state index is 5.11. The zero-order chi connectivity index (χ0) is 7.56. The van der Waals surface area contributed by atoms with Crippen molar-refractivity contribution >= 4 is 22.6 Å². The molecule has 0 aromatic heterocycles. The normalized spacial score (nSPS) is 9.50. The molecule has 2 heteroatoms. The Morgan fingerprint density at radius 2 is 2.20 bits per heavy atom. The minimum Gasteiger partial charge on any atom is -0.495 e. The minimum atomic E-state index is 0.878. The Kier molecular flexibility index (Phi) is 2.54. The highest BCUT2D eigenvalue weighted by atomic mass is 127. The highest BCUT2D eigenvalue weighted by Gasteiger charge is 2.00. The van der Waals surface area contributed by atoms with E-state index >= 15 is 0 Å². The summed E-state index contributed by atoms with van der Waals surface area (Å²) >= 11 is 2.22. The van der Waals surface area contributed by atoms with Crippen LogP contribution in [0.25, 0.3) is 0 Å². The summed E-state index contributed by atoms with van der Waals surface area (Å²) < 4.78 is 6.21. The fourth-order valence-corrected chi connectivity index (χ4v) is 1.56. The minimum absolute atomic E-state index is 0.878. The van der Waals surface area contributed by atoms with E-state index in [0.717, 1.165) is 14.9 Å². The number of benzene rings is 1. The van der Waals surface area contributed by atoms with Gasteiger partial charge in [-0.25, -0.2) is 0 Å². The molecule has 0 fully saturated rings. The second-order valence-corrected chi connectivity index (χ2v) is 3.09. The van der Waals surface area contributed by atoms with E-state index in [1.54, 1.807) is 7.11 Å². The molecule has 1 rings (SSSR count). The van der Waals surface area contributed by atoms with Crippen molar-refractivity contribution in [2.75, 3.05) is 7.11 Å². The van der Waals surface area contributed by atoms with Gasteiger partial charge in [-0.2, -0.15) is 0 Å². The molecule has 0 amide bonds. The molecule has 1 aromatic rings. The van der Waals surface area contributed by atoms with E-state index in [1.807, 2.05) is 18.2 Å². The van der Waals surface area contributed by atoms with Crippen molar-refractivity contribution < 1.29 is 4.74 Å². The van der Waals surface area contributed by atoms with Gasteiger partial charge in [0.25, 0.3) is 0 Å². The van der Waals surface area contributed by atoms with E-state index in [2.05, 4.69) is 29.5 Å². The lowest BCUT2D eigenvalue weighted by atomic mass is 10.2. The average molecular weight is 247 g/mol. The number of para-hydroxylation sites is 1. The summed E-state index contributed by atoms with van der Waals surface area (Å²) in [5.41, 5.74) is 0.939. The third kappa shape index (κ3) is 1.42. The van der Waals surface area contributed by atoms with E-state index in [4.69, 9.17) is 4.74 Å². The quantitative estimate of drug-likeness (QED) is 0.692. The van der Waals surface area contributed by atoms with Gasteiger partial charge in [-0.3, -0.25) is 0 Å². The Labute approximate surface area is 74.5 Å². The van der Waals surface area contributed by atoms with E-state index < -0.39 is 0 Å². The molecule has 0 unspecified atom stereocenters. The Morgan fingerprint density at radius 1 is 1.50 bits per heavy atom. The van der Waals surface area contributed by atoms with Crippen molar-refractivity contribution in [3.63, 3.8) is 0 Å². The topological polar surface area (TPSA) is 9.23 Å². The van der Waals surface area contributed by atoms with Crippen molar-refractivity contribution in [3.05, 3.63) is 34.3 Å². The van der Waals surface area contributed by atoms with Crippen molar-refractivity contribution in [2.45, 2.75) is 0 Å². The number of hydrogen-bond donors (Lipinski definition) is 0. The molecular formula is C8H8IO. The third-order valence-electron chi connectivity index (χ3n) is 1.25. The second-order valence-electron chi connectivity index (χ2n) is 1.93. The first kappa shape index (κ1) is 7.85. The highest BCUT2D eigenvalue weighted by molar-refractivity contribution is 14.1. The van der Waals surface area contributed by atoms with Gasteiger partial charge in [0, 0.05) is 0 Å². The van der Waals surface area contributed by atoms with Crippen molar-refractivity contribution in [3.8, 4) is 5.75 Å². The van der Waals surface area contributed by atoms with Crippen LogP contribution in [0.5, 0.6) is 5.75 Å². The molecule has 0 saturated carbocycles. The fourth-order valence-electron chi connectivity index (χ4n) is 0.782. The first-order valence-corrected chi connectivity index (χ1v) is 3.98. The molecular weight excluding hydrogens is 239 g/mol. The van der Waals surface area contributed by atoms with Crippen LogP contribution in [0, 0.1) is 10.5 Å². The molecule has 10 heavy (non-hydrogen) atoms. The van der Waals surface area contributed by atoms with Crippen LogP contribution in [0.1, 0.15) is 5.56 Å². The summed E-state index contributed by atoms with van der Waals surface area (Å²) in [6.45, 7) is 3.82. The molecule has 53 valence electrons. The zero-order valence-corrected chi connectivity index (χ0v) is 7.88. The van der Waals surface area contributed by atoms with Crippen LogP contribution in [-0.2, 0) is 0 Å². The summed E-state index contributed by atoms with van der Waals surface area (Å²) in [4.78, 5) is 0. The number of methoxy groups -OCH3 is 1. The molecule has 0 aliphatic heterocycles. The number of halogens is 1. The van der Waals surface area contributed by atoms with Gasteiger partial charge in [-0.15, -0.1) is 0 Å². The fraction of sp³-hybridized carbons (Fsp3) is 0.125. The molecule has 0 bridgehead atoms. The summed E-state index contributed by atoms with van der Waals surface area (Å²) in [7, 11) is 1.66. The Morgan fingerprint density at radius 3 is 2.60 bits per heavy atom. The lowest BCUT2D eigenvalue weighted by Gasteiger charge is -2.04. The van der Waals surface area contributed by atoms with Gasteiger partial charge in [0.1, 0.15) is 5.75 Å². The average Bonchev–Trinajstić information content (AvgIpc) is 1.88. The predicted octanol–water partition coefficient (Wildman–Crippen LogP) is 2.48. The molecule has 0 heterocycles. The standard InChI is InChI=1S/C8H8IO/c1-6-4-3-5-7(9)8(6)10-2/h3-5H,1H2,2H3. The maximum absolute atomic E-state index is 5.11. The Bertz CT molecular complexity index is 212. The van der Waals surface area contributed by atoms with Gasteiger partial charge in [0.05, 0.1) is 10.7 Å². The Balaban J connectivity index is 3.17. The van der Waals surface area contributed by atoms with E-state index in [-0.39, 0.29) is 0 Å². The first-order valence-electron chi connectivity index (χ1n) is 2.90. The SMILES string of the molecule is [CH2]c1cccc(I)c1OC. The summed E-state index contributed by atoms with van der Waals surface area (Å²) in [6, 6.07) is 5.89. The molecule has 0 aliphatic carbocycles. The van der Waals surface area contributed by atoms with E-state index in [1.165, 1.54) is 0 Å². The lowest BCUT2D eigenvalue weighted by Crippen LogP contribution is -1.88. The maximum Gasteiger partial charge on any atom is 0.135 e. The molecule has 0 saturated heterocycles. The third-order valence-corrected chi connectivity index (χ3v) is 2.10. The number of ether oxygens (including phenoxy) is 1.